The van der Waals surface area contributed by atoms with Crippen molar-refractivity contribution in [1.82, 2.24) is 4.98 Å². The molecule has 1 aromatic heterocycles. The second-order valence-electron chi connectivity index (χ2n) is 10.7. The molecule has 2 atom stereocenters. The molecule has 8 nitrogen and oxygen atoms in total. The molecular formula is C30H28F9N3O5. The molecule has 1 aliphatic rings. The van der Waals surface area contributed by atoms with Crippen LogP contribution in [0.25, 0.3) is 0 Å². The van der Waals surface area contributed by atoms with E-state index in [0.29, 0.717) is 12.1 Å². The zero-order valence-corrected chi connectivity index (χ0v) is 25.0. The molecule has 47 heavy (non-hydrogen) atoms. The molecule has 2 aromatic carbocycles. The number of oxazole rings is 1. The molecule has 0 spiro atoms. The number of fused-ring (bicyclic) bond motifs is 1. The van der Waals surface area contributed by atoms with Gasteiger partial charge >= 0.3 is 30.6 Å². The number of halogens is 9. The van der Waals surface area contributed by atoms with Crippen LogP contribution in [0.1, 0.15) is 89.5 Å². The van der Waals surface area contributed by atoms with E-state index >= 15 is 0 Å². The first-order valence-electron chi connectivity index (χ1n) is 14.2. The van der Waals surface area contributed by atoms with Crippen LogP contribution in [0.15, 0.2) is 40.8 Å². The topological polar surface area (TPSA) is 108 Å². The molecule has 1 amide bonds. The highest BCUT2D eigenvalue weighted by Gasteiger charge is 2.48. The van der Waals surface area contributed by atoms with E-state index in [0.717, 1.165) is 23.1 Å². The Morgan fingerprint density at radius 2 is 1.47 bits per heavy atom. The Labute approximate surface area is 261 Å². The van der Waals surface area contributed by atoms with Gasteiger partial charge in [0, 0.05) is 6.42 Å². The van der Waals surface area contributed by atoms with Gasteiger partial charge in [-0.1, -0.05) is 6.92 Å². The summed E-state index contributed by atoms with van der Waals surface area (Å²) < 4.78 is 138. The lowest BCUT2D eigenvalue weighted by molar-refractivity contribution is -0.143. The molecule has 17 heteroatoms. The number of aromatic nitrogens is 1. The fraction of sp³-hybridized carbons (Fsp3) is 0.433. The van der Waals surface area contributed by atoms with Crippen molar-refractivity contribution in [2.45, 2.75) is 70.1 Å². The molecule has 2 N–H and O–H groups in total. The number of hydrogen-bond acceptors (Lipinski definition) is 7. The van der Waals surface area contributed by atoms with Crippen LogP contribution >= 0.6 is 0 Å². The van der Waals surface area contributed by atoms with E-state index in [1.54, 1.807) is 6.92 Å². The van der Waals surface area contributed by atoms with Crippen LogP contribution in [-0.4, -0.2) is 35.9 Å². The van der Waals surface area contributed by atoms with Gasteiger partial charge in [-0.15, -0.1) is 0 Å². The van der Waals surface area contributed by atoms with Gasteiger partial charge < -0.3 is 19.6 Å². The van der Waals surface area contributed by atoms with Crippen LogP contribution in [0.4, 0.5) is 50.0 Å². The maximum atomic E-state index is 13.8. The predicted molar refractivity (Wildman–Crippen MR) is 146 cm³/mol. The summed E-state index contributed by atoms with van der Waals surface area (Å²) in [6, 6.07) is 3.28. The first-order chi connectivity index (χ1) is 21.7. The second kappa shape index (κ2) is 12.7. The van der Waals surface area contributed by atoms with Crippen LogP contribution in [0.3, 0.4) is 0 Å². The molecule has 256 valence electrons. The van der Waals surface area contributed by atoms with Gasteiger partial charge in [0.2, 0.25) is 5.89 Å². The summed E-state index contributed by atoms with van der Waals surface area (Å²) in [5.41, 5.74) is -0.767. The van der Waals surface area contributed by atoms with Crippen LogP contribution in [0, 0.1) is 0 Å². The van der Waals surface area contributed by atoms with Crippen molar-refractivity contribution in [3.63, 3.8) is 0 Å². The Morgan fingerprint density at radius 3 is 1.98 bits per heavy atom. The Morgan fingerprint density at radius 1 is 0.894 bits per heavy atom. The van der Waals surface area contributed by atoms with E-state index < -0.39 is 88.2 Å². The smallest absolute Gasteiger partial charge is 0.416 e. The second-order valence-corrected chi connectivity index (χ2v) is 10.7. The number of carbonyl (C=O) groups excluding carboxylic acids is 2. The number of alkyl halides is 9. The average Bonchev–Trinajstić information content (AvgIpc) is 3.38. The number of nitrogens with zero attached hydrogens (tertiary/aromatic N) is 2. The number of carbonyl (C=O) groups is 2. The third kappa shape index (κ3) is 7.34. The minimum absolute atomic E-state index is 0.0333. The molecule has 1 aliphatic heterocycles. The van der Waals surface area contributed by atoms with Crippen molar-refractivity contribution in [2.24, 2.45) is 5.73 Å². The summed E-state index contributed by atoms with van der Waals surface area (Å²) in [6.45, 7) is 4.22. The monoisotopic (exact) mass is 681 g/mol. The van der Waals surface area contributed by atoms with E-state index in [9.17, 15) is 49.1 Å². The number of rotatable bonds is 7. The van der Waals surface area contributed by atoms with Gasteiger partial charge in [-0.2, -0.15) is 39.5 Å². The number of nitrogens with two attached hydrogens (primary N) is 1. The quantitative estimate of drug-likeness (QED) is 0.199. The lowest BCUT2D eigenvalue weighted by Gasteiger charge is -2.46. The van der Waals surface area contributed by atoms with Gasteiger partial charge in [0.25, 0.3) is 0 Å². The summed E-state index contributed by atoms with van der Waals surface area (Å²) in [5, 5.41) is 0. The van der Waals surface area contributed by atoms with E-state index in [1.165, 1.54) is 13.8 Å². The molecule has 3 aromatic rings. The van der Waals surface area contributed by atoms with E-state index in [-0.39, 0.29) is 43.4 Å². The standard InChI is InChI=1S/C30H28F9N3O5/c1-4-27(40)14-20(19-13-16(28(31,32)33)7-8-21(19)42(27)26(44)46-6-3)24-41-23(25(43)45-5-2)22(47-24)11-15-9-17(29(34,35)36)12-18(10-15)30(37,38)39/h7-10,12-13,20H,4-6,11,14,40H2,1-3H3/t20-,27+/m0/s1. The van der Waals surface area contributed by atoms with Gasteiger partial charge in [0.1, 0.15) is 11.4 Å². The number of benzene rings is 2. The molecule has 0 saturated carbocycles. The molecular weight excluding hydrogens is 653 g/mol. The molecule has 0 radical (unpaired) electrons. The van der Waals surface area contributed by atoms with Gasteiger partial charge in [-0.3, -0.25) is 4.90 Å². The number of hydrogen-bond donors (Lipinski definition) is 1. The van der Waals surface area contributed by atoms with E-state index in [2.05, 4.69) is 4.98 Å². The minimum atomic E-state index is -5.16. The summed E-state index contributed by atoms with van der Waals surface area (Å²) in [6.07, 6.45) is -17.2. The first-order valence-corrected chi connectivity index (χ1v) is 14.2. The fourth-order valence-electron chi connectivity index (χ4n) is 5.30. The maximum Gasteiger partial charge on any atom is 0.416 e. The first kappa shape index (κ1) is 35.6. The molecule has 2 heterocycles. The fourth-order valence-corrected chi connectivity index (χ4v) is 5.30. The number of anilines is 1. The van der Waals surface area contributed by atoms with Crippen molar-refractivity contribution in [3.05, 3.63) is 81.6 Å². The number of amides is 1. The summed E-state index contributed by atoms with van der Waals surface area (Å²) in [4.78, 5) is 31.0. The summed E-state index contributed by atoms with van der Waals surface area (Å²) in [7, 11) is 0. The molecule has 0 bridgehead atoms. The van der Waals surface area contributed by atoms with Crippen molar-refractivity contribution < 1.29 is 63.0 Å². The van der Waals surface area contributed by atoms with Gasteiger partial charge in [-0.05, 0) is 74.2 Å². The molecule has 4 rings (SSSR count). The van der Waals surface area contributed by atoms with Crippen LogP contribution < -0.4 is 10.6 Å². The van der Waals surface area contributed by atoms with Crippen molar-refractivity contribution in [2.75, 3.05) is 18.1 Å². The molecule has 0 unspecified atom stereocenters. The Hall–Kier alpha value is -4.28. The van der Waals surface area contributed by atoms with E-state index in [1.807, 2.05) is 0 Å². The molecule has 0 fully saturated rings. The number of esters is 1. The summed E-state index contributed by atoms with van der Waals surface area (Å²) in [5.74, 6) is -3.37. The summed E-state index contributed by atoms with van der Waals surface area (Å²) >= 11 is 0. The largest absolute Gasteiger partial charge is 0.461 e. The van der Waals surface area contributed by atoms with Crippen LogP contribution in [0.5, 0.6) is 0 Å². The third-order valence-corrected chi connectivity index (χ3v) is 7.53. The normalized spacial score (nSPS) is 18.6. The highest BCUT2D eigenvalue weighted by Crippen LogP contribution is 2.48. The lowest BCUT2D eigenvalue weighted by Crippen LogP contribution is -2.61. The van der Waals surface area contributed by atoms with Crippen molar-refractivity contribution in [1.29, 1.82) is 0 Å². The van der Waals surface area contributed by atoms with Crippen LogP contribution in [0.2, 0.25) is 0 Å². The minimum Gasteiger partial charge on any atom is -0.461 e. The van der Waals surface area contributed by atoms with E-state index in [4.69, 9.17) is 19.6 Å². The van der Waals surface area contributed by atoms with Crippen LogP contribution in [-0.2, 0) is 34.4 Å². The van der Waals surface area contributed by atoms with Gasteiger partial charge in [0.05, 0.1) is 41.5 Å². The van der Waals surface area contributed by atoms with Crippen molar-refractivity contribution >= 4 is 17.7 Å². The molecule has 0 saturated heterocycles. The Kier molecular flexibility index (Phi) is 9.63. The molecule has 0 aliphatic carbocycles. The predicted octanol–water partition coefficient (Wildman–Crippen LogP) is 8.06. The third-order valence-electron chi connectivity index (χ3n) is 7.53. The van der Waals surface area contributed by atoms with Gasteiger partial charge in [-0.25, -0.2) is 14.6 Å². The highest BCUT2D eigenvalue weighted by atomic mass is 19.4. The maximum absolute atomic E-state index is 13.8. The zero-order valence-electron chi connectivity index (χ0n) is 25.0. The van der Waals surface area contributed by atoms with Gasteiger partial charge in [0.15, 0.2) is 5.69 Å². The number of ether oxygens (including phenoxy) is 2. The SMILES string of the molecule is CCOC(=O)c1nc([C@H]2C[C@@](N)(CC)N(C(=O)OCC)c3ccc(C(F)(F)F)cc32)oc1Cc1cc(C(F)(F)F)cc(C(F)(F)F)c1. The Balaban J connectivity index is 1.93. The van der Waals surface area contributed by atoms with Crippen molar-refractivity contribution in [3.8, 4) is 0 Å². The average molecular weight is 682 g/mol. The zero-order chi connectivity index (χ0) is 35.1. The Bertz CT molecular complexity index is 1620. The highest BCUT2D eigenvalue weighted by molar-refractivity contribution is 5.92. The lowest BCUT2D eigenvalue weighted by atomic mass is 9.80.